The van der Waals surface area contributed by atoms with Crippen molar-refractivity contribution in [2.75, 3.05) is 13.1 Å². The van der Waals surface area contributed by atoms with Crippen LogP contribution < -0.4 is 4.74 Å². The Hall–Kier alpha value is -3.05. The first-order valence-electron chi connectivity index (χ1n) is 8.50. The summed E-state index contributed by atoms with van der Waals surface area (Å²) < 4.78 is 32.2. The van der Waals surface area contributed by atoms with Gasteiger partial charge in [-0.3, -0.25) is 20.2 Å². The van der Waals surface area contributed by atoms with E-state index in [9.17, 15) is 28.6 Å². The van der Waals surface area contributed by atoms with Crippen molar-refractivity contribution in [3.63, 3.8) is 0 Å². The van der Waals surface area contributed by atoms with E-state index in [-0.39, 0.29) is 22.1 Å². The normalized spacial score (nSPS) is 15.1. The molecule has 148 valence electrons. The fourth-order valence-corrected chi connectivity index (χ4v) is 4.44. The van der Waals surface area contributed by atoms with E-state index < -0.39 is 25.6 Å². The van der Waals surface area contributed by atoms with Gasteiger partial charge >= 0.3 is 5.69 Å². The molecule has 10 nitrogen and oxygen atoms in total. The highest BCUT2D eigenvalue weighted by molar-refractivity contribution is 7.89. The summed E-state index contributed by atoms with van der Waals surface area (Å²) in [4.78, 5) is 20.7. The number of ether oxygens (including phenoxy) is 1. The number of nitro benzene ring substituents is 2. The predicted molar refractivity (Wildman–Crippen MR) is 98.9 cm³/mol. The summed E-state index contributed by atoms with van der Waals surface area (Å²) in [5, 5.41) is 22.1. The molecule has 0 amide bonds. The van der Waals surface area contributed by atoms with Crippen molar-refractivity contribution < 1.29 is 23.0 Å². The number of hydrogen-bond acceptors (Lipinski definition) is 7. The Kier molecular flexibility index (Phi) is 5.56. The minimum atomic E-state index is -3.82. The summed E-state index contributed by atoms with van der Waals surface area (Å²) in [6.45, 7) is 0.772. The molecule has 0 spiro atoms. The summed E-state index contributed by atoms with van der Waals surface area (Å²) in [6.07, 6.45) is 2.46. The molecule has 0 unspecified atom stereocenters. The lowest BCUT2D eigenvalue weighted by Gasteiger charge is -2.25. The smallest absolute Gasteiger partial charge is 0.312 e. The van der Waals surface area contributed by atoms with E-state index in [1.165, 1.54) is 40.7 Å². The predicted octanol–water partition coefficient (Wildman–Crippen LogP) is 3.47. The molecule has 1 heterocycles. The molecule has 1 fully saturated rings. The molecule has 0 atom stereocenters. The Morgan fingerprint density at radius 3 is 2.11 bits per heavy atom. The summed E-state index contributed by atoms with van der Waals surface area (Å²) in [5.74, 6) is -0.00298. The Balaban J connectivity index is 1.91. The van der Waals surface area contributed by atoms with Gasteiger partial charge in [0.25, 0.3) is 5.69 Å². The molecule has 3 rings (SSSR count). The first kappa shape index (κ1) is 19.7. The second-order valence-corrected chi connectivity index (χ2v) is 8.14. The number of non-ortho nitro benzene ring substituents is 1. The van der Waals surface area contributed by atoms with Gasteiger partial charge in [-0.2, -0.15) is 4.31 Å². The summed E-state index contributed by atoms with van der Waals surface area (Å²) in [7, 11) is -3.82. The van der Waals surface area contributed by atoms with Crippen LogP contribution in [0.5, 0.6) is 11.5 Å². The average Bonchev–Trinajstić information content (AvgIpc) is 2.69. The topological polar surface area (TPSA) is 133 Å². The molecule has 0 aromatic heterocycles. The van der Waals surface area contributed by atoms with Gasteiger partial charge in [0.1, 0.15) is 5.75 Å². The zero-order valence-electron chi connectivity index (χ0n) is 14.7. The molecule has 0 bridgehead atoms. The fraction of sp³-hybridized carbons (Fsp3) is 0.294. The van der Waals surface area contributed by atoms with Gasteiger partial charge in [0.2, 0.25) is 15.8 Å². The summed E-state index contributed by atoms with van der Waals surface area (Å²) in [5.41, 5.74) is -0.652. The lowest BCUT2D eigenvalue weighted by Crippen LogP contribution is -2.35. The number of benzene rings is 2. The first-order chi connectivity index (χ1) is 13.3. The van der Waals surface area contributed by atoms with Crippen molar-refractivity contribution in [2.24, 2.45) is 0 Å². The number of piperidine rings is 1. The maximum Gasteiger partial charge on any atom is 0.312 e. The fourth-order valence-electron chi connectivity index (χ4n) is 2.90. The van der Waals surface area contributed by atoms with E-state index in [2.05, 4.69) is 0 Å². The molecule has 1 saturated heterocycles. The van der Waals surface area contributed by atoms with Crippen LogP contribution in [0.15, 0.2) is 47.4 Å². The van der Waals surface area contributed by atoms with Gasteiger partial charge in [0.05, 0.1) is 14.7 Å². The number of rotatable bonds is 6. The van der Waals surface area contributed by atoms with Crippen LogP contribution in [0.3, 0.4) is 0 Å². The average molecular weight is 407 g/mol. The van der Waals surface area contributed by atoms with Crippen molar-refractivity contribution in [2.45, 2.75) is 24.2 Å². The number of hydrogen-bond donors (Lipinski definition) is 0. The molecule has 0 aliphatic carbocycles. The van der Waals surface area contributed by atoms with Crippen molar-refractivity contribution in [1.29, 1.82) is 0 Å². The molecule has 0 saturated carbocycles. The molecular formula is C17H17N3O7S. The van der Waals surface area contributed by atoms with Crippen molar-refractivity contribution in [3.05, 3.63) is 62.7 Å². The Morgan fingerprint density at radius 1 is 0.893 bits per heavy atom. The van der Waals surface area contributed by atoms with Gasteiger partial charge in [0.15, 0.2) is 0 Å². The minimum absolute atomic E-state index is 0.148. The van der Waals surface area contributed by atoms with E-state index in [1.54, 1.807) is 0 Å². The van der Waals surface area contributed by atoms with Crippen LogP contribution >= 0.6 is 0 Å². The largest absolute Gasteiger partial charge is 0.450 e. The second-order valence-electron chi connectivity index (χ2n) is 6.20. The van der Waals surface area contributed by atoms with Crippen LogP contribution in [0, 0.1) is 20.2 Å². The highest BCUT2D eigenvalue weighted by atomic mass is 32.2. The Bertz CT molecular complexity index is 1000. The number of sulfonamides is 1. The molecule has 0 radical (unpaired) electrons. The molecule has 1 aliphatic heterocycles. The molecule has 11 heteroatoms. The van der Waals surface area contributed by atoms with E-state index >= 15 is 0 Å². The van der Waals surface area contributed by atoms with Crippen molar-refractivity contribution in [1.82, 2.24) is 4.31 Å². The standard InChI is InChI=1S/C17H17N3O7S/c21-19(22)13-4-6-14(7-5-13)27-17-9-8-15(12-16(17)20(23)24)28(25,26)18-10-2-1-3-11-18/h4-9,12H,1-3,10-11H2. The maximum atomic E-state index is 12.7. The molecule has 2 aromatic carbocycles. The summed E-state index contributed by atoms with van der Waals surface area (Å²) >= 11 is 0. The van der Waals surface area contributed by atoms with E-state index in [0.29, 0.717) is 13.1 Å². The van der Waals surface area contributed by atoms with Crippen LogP contribution in [-0.4, -0.2) is 35.7 Å². The van der Waals surface area contributed by atoms with E-state index in [1.807, 2.05) is 0 Å². The zero-order valence-corrected chi connectivity index (χ0v) is 15.5. The van der Waals surface area contributed by atoms with Crippen LogP contribution in [0.4, 0.5) is 11.4 Å². The van der Waals surface area contributed by atoms with Gasteiger partial charge in [-0.1, -0.05) is 6.42 Å². The highest BCUT2D eigenvalue weighted by Gasteiger charge is 2.29. The van der Waals surface area contributed by atoms with Gasteiger partial charge in [-0.05, 0) is 37.1 Å². The lowest BCUT2D eigenvalue weighted by atomic mass is 10.2. The zero-order chi connectivity index (χ0) is 20.3. The van der Waals surface area contributed by atoms with Gasteiger partial charge in [-0.15, -0.1) is 0 Å². The third-order valence-corrected chi connectivity index (χ3v) is 6.25. The third kappa shape index (κ3) is 4.10. The molecular weight excluding hydrogens is 390 g/mol. The van der Waals surface area contributed by atoms with E-state index in [4.69, 9.17) is 4.74 Å². The monoisotopic (exact) mass is 407 g/mol. The summed E-state index contributed by atoms with van der Waals surface area (Å²) in [6, 6.07) is 8.48. The van der Waals surface area contributed by atoms with Crippen molar-refractivity contribution in [3.8, 4) is 11.5 Å². The van der Waals surface area contributed by atoms with Gasteiger partial charge < -0.3 is 4.74 Å². The van der Waals surface area contributed by atoms with Crippen LogP contribution in [0.2, 0.25) is 0 Å². The third-order valence-electron chi connectivity index (χ3n) is 4.36. The maximum absolute atomic E-state index is 12.7. The highest BCUT2D eigenvalue weighted by Crippen LogP contribution is 2.35. The molecule has 0 N–H and O–H groups in total. The van der Waals surface area contributed by atoms with Crippen LogP contribution in [-0.2, 0) is 10.0 Å². The van der Waals surface area contributed by atoms with Gasteiger partial charge in [-0.25, -0.2) is 8.42 Å². The van der Waals surface area contributed by atoms with Crippen molar-refractivity contribution >= 4 is 21.4 Å². The Morgan fingerprint density at radius 2 is 1.54 bits per heavy atom. The minimum Gasteiger partial charge on any atom is -0.450 e. The molecule has 2 aromatic rings. The Labute approximate surface area is 160 Å². The number of nitro groups is 2. The quantitative estimate of drug-likeness (QED) is 0.529. The first-order valence-corrected chi connectivity index (χ1v) is 9.94. The second kappa shape index (κ2) is 7.90. The van der Waals surface area contributed by atoms with Crippen LogP contribution in [0.1, 0.15) is 19.3 Å². The van der Waals surface area contributed by atoms with E-state index in [0.717, 1.165) is 25.3 Å². The lowest BCUT2D eigenvalue weighted by molar-refractivity contribution is -0.385. The SMILES string of the molecule is O=[N+]([O-])c1ccc(Oc2ccc(S(=O)(=O)N3CCCCC3)cc2[N+](=O)[O-])cc1. The van der Waals surface area contributed by atoms with Gasteiger partial charge in [0, 0.05) is 31.3 Å². The van der Waals surface area contributed by atoms with Crippen LogP contribution in [0.25, 0.3) is 0 Å². The number of nitrogens with zero attached hydrogens (tertiary/aromatic N) is 3. The molecule has 1 aliphatic rings. The molecule has 28 heavy (non-hydrogen) atoms.